The minimum Gasteiger partial charge on any atom is -0.377 e. The summed E-state index contributed by atoms with van der Waals surface area (Å²) in [6.07, 6.45) is 2.31. The van der Waals surface area contributed by atoms with Crippen LogP contribution in [0.4, 0.5) is 5.69 Å². The van der Waals surface area contributed by atoms with Crippen LogP contribution >= 0.6 is 0 Å². The van der Waals surface area contributed by atoms with Crippen LogP contribution < -0.4 is 5.32 Å². The van der Waals surface area contributed by atoms with Gasteiger partial charge in [-0.05, 0) is 49.9 Å². The summed E-state index contributed by atoms with van der Waals surface area (Å²) in [4.78, 5) is 26.5. The number of nitrogens with one attached hydrogen (secondary N) is 1. The highest BCUT2D eigenvalue weighted by Gasteiger charge is 2.32. The predicted octanol–water partition coefficient (Wildman–Crippen LogP) is 2.53. The summed E-state index contributed by atoms with van der Waals surface area (Å²) in [6.45, 7) is 5.76. The standard InChI is InChI=1S/C18H24N2O3/c1-12-11-23-10-9-20(12)18(22)15-5-7-16(8-6-15)19-17(21)13(2)14-3-4-14/h5-8,12-14H,3-4,9-11H2,1-2H3,(H,19,21). The van der Waals surface area contributed by atoms with Gasteiger partial charge in [-0.2, -0.15) is 0 Å². The van der Waals surface area contributed by atoms with E-state index in [1.54, 1.807) is 24.3 Å². The summed E-state index contributed by atoms with van der Waals surface area (Å²) in [7, 11) is 0. The monoisotopic (exact) mass is 316 g/mol. The average Bonchev–Trinajstić information content (AvgIpc) is 3.39. The molecule has 0 radical (unpaired) electrons. The summed E-state index contributed by atoms with van der Waals surface area (Å²) in [5.74, 6) is 0.683. The molecule has 1 N–H and O–H groups in total. The van der Waals surface area contributed by atoms with E-state index in [1.165, 1.54) is 0 Å². The lowest BCUT2D eigenvalue weighted by Gasteiger charge is -2.33. The molecule has 2 atom stereocenters. The van der Waals surface area contributed by atoms with Gasteiger partial charge in [0, 0.05) is 23.7 Å². The van der Waals surface area contributed by atoms with Gasteiger partial charge in [0.2, 0.25) is 5.91 Å². The normalized spacial score (nSPS) is 22.5. The van der Waals surface area contributed by atoms with Gasteiger partial charge >= 0.3 is 0 Å². The van der Waals surface area contributed by atoms with Crippen molar-refractivity contribution in [2.75, 3.05) is 25.1 Å². The Hall–Kier alpha value is -1.88. The number of nitrogens with zero attached hydrogens (tertiary/aromatic N) is 1. The van der Waals surface area contributed by atoms with Gasteiger partial charge in [-0.1, -0.05) is 6.92 Å². The first-order valence-corrected chi connectivity index (χ1v) is 8.36. The van der Waals surface area contributed by atoms with Crippen molar-refractivity contribution in [2.45, 2.75) is 32.7 Å². The van der Waals surface area contributed by atoms with E-state index in [1.807, 2.05) is 18.7 Å². The Labute approximate surface area is 137 Å². The van der Waals surface area contributed by atoms with E-state index >= 15 is 0 Å². The van der Waals surface area contributed by atoms with Crippen molar-refractivity contribution in [1.82, 2.24) is 4.90 Å². The number of carbonyl (C=O) groups excluding carboxylic acids is 2. The number of amides is 2. The van der Waals surface area contributed by atoms with Gasteiger partial charge in [0.15, 0.2) is 0 Å². The molecule has 2 aliphatic rings. The molecule has 1 aromatic carbocycles. The summed E-state index contributed by atoms with van der Waals surface area (Å²) in [5, 5.41) is 2.93. The Bertz CT molecular complexity index is 580. The van der Waals surface area contributed by atoms with E-state index in [-0.39, 0.29) is 23.8 Å². The highest BCUT2D eigenvalue weighted by Crippen LogP contribution is 2.37. The first kappa shape index (κ1) is 16.0. The van der Waals surface area contributed by atoms with E-state index in [2.05, 4.69) is 5.32 Å². The lowest BCUT2D eigenvalue weighted by Crippen LogP contribution is -2.47. The van der Waals surface area contributed by atoms with E-state index in [0.717, 1.165) is 18.5 Å². The first-order valence-electron chi connectivity index (χ1n) is 8.36. The van der Waals surface area contributed by atoms with Crippen LogP contribution in [-0.2, 0) is 9.53 Å². The number of rotatable bonds is 4. The van der Waals surface area contributed by atoms with Crippen molar-refractivity contribution in [3.8, 4) is 0 Å². The van der Waals surface area contributed by atoms with Gasteiger partial charge in [0.1, 0.15) is 0 Å². The molecule has 124 valence electrons. The van der Waals surface area contributed by atoms with Crippen LogP contribution in [0.3, 0.4) is 0 Å². The number of ether oxygens (including phenoxy) is 1. The molecule has 0 spiro atoms. The average molecular weight is 316 g/mol. The maximum Gasteiger partial charge on any atom is 0.254 e. The fourth-order valence-corrected chi connectivity index (χ4v) is 2.96. The maximum atomic E-state index is 12.5. The molecular formula is C18H24N2O3. The van der Waals surface area contributed by atoms with Crippen LogP contribution in [0, 0.1) is 11.8 Å². The van der Waals surface area contributed by atoms with Crippen molar-refractivity contribution in [1.29, 1.82) is 0 Å². The molecule has 1 saturated carbocycles. The number of morpholine rings is 1. The SMILES string of the molecule is CC(C(=O)Nc1ccc(C(=O)N2CCOCC2C)cc1)C1CC1. The van der Waals surface area contributed by atoms with Crippen molar-refractivity contribution in [3.63, 3.8) is 0 Å². The second-order valence-corrected chi connectivity index (χ2v) is 6.62. The van der Waals surface area contributed by atoms with Crippen molar-refractivity contribution < 1.29 is 14.3 Å². The second kappa shape index (κ2) is 6.71. The van der Waals surface area contributed by atoms with E-state index < -0.39 is 0 Å². The first-order chi connectivity index (χ1) is 11.1. The number of carbonyl (C=O) groups is 2. The van der Waals surface area contributed by atoms with Gasteiger partial charge in [-0.3, -0.25) is 9.59 Å². The third-order valence-electron chi connectivity index (χ3n) is 4.77. The predicted molar refractivity (Wildman–Crippen MR) is 88.3 cm³/mol. The molecule has 1 aromatic rings. The van der Waals surface area contributed by atoms with Gasteiger partial charge in [-0.25, -0.2) is 0 Å². The van der Waals surface area contributed by atoms with Crippen LogP contribution in [0.5, 0.6) is 0 Å². The maximum absolute atomic E-state index is 12.5. The Morgan fingerprint density at radius 2 is 1.96 bits per heavy atom. The van der Waals surface area contributed by atoms with Gasteiger partial charge in [-0.15, -0.1) is 0 Å². The smallest absolute Gasteiger partial charge is 0.254 e. The molecule has 5 nitrogen and oxygen atoms in total. The van der Waals surface area contributed by atoms with Gasteiger partial charge in [0.25, 0.3) is 5.91 Å². The summed E-state index contributed by atoms with van der Waals surface area (Å²) in [6, 6.07) is 7.25. The lowest BCUT2D eigenvalue weighted by molar-refractivity contribution is -0.119. The van der Waals surface area contributed by atoms with E-state index in [4.69, 9.17) is 4.74 Å². The van der Waals surface area contributed by atoms with Crippen LogP contribution in [0.1, 0.15) is 37.0 Å². The van der Waals surface area contributed by atoms with E-state index in [9.17, 15) is 9.59 Å². The molecule has 3 rings (SSSR count). The molecule has 1 aliphatic carbocycles. The molecule has 0 aromatic heterocycles. The molecule has 2 unspecified atom stereocenters. The third-order valence-corrected chi connectivity index (χ3v) is 4.77. The van der Waals surface area contributed by atoms with Gasteiger partial charge < -0.3 is 15.0 Å². The lowest BCUT2D eigenvalue weighted by atomic mass is 10.1. The Morgan fingerprint density at radius 1 is 1.26 bits per heavy atom. The minimum atomic E-state index is 0.0185. The molecule has 1 saturated heterocycles. The topological polar surface area (TPSA) is 58.6 Å². The Kier molecular flexibility index (Phi) is 4.66. The molecule has 2 amide bonds. The van der Waals surface area contributed by atoms with Crippen molar-refractivity contribution >= 4 is 17.5 Å². The molecule has 1 aliphatic heterocycles. The van der Waals surface area contributed by atoms with Crippen molar-refractivity contribution in [3.05, 3.63) is 29.8 Å². The number of anilines is 1. The molecular weight excluding hydrogens is 292 g/mol. The Morgan fingerprint density at radius 3 is 2.57 bits per heavy atom. The van der Waals surface area contributed by atoms with Crippen LogP contribution in [0.15, 0.2) is 24.3 Å². The molecule has 0 bridgehead atoms. The van der Waals surface area contributed by atoms with Crippen LogP contribution in [-0.4, -0.2) is 42.5 Å². The van der Waals surface area contributed by atoms with E-state index in [0.29, 0.717) is 31.2 Å². The third kappa shape index (κ3) is 3.72. The molecule has 23 heavy (non-hydrogen) atoms. The quantitative estimate of drug-likeness (QED) is 0.928. The fourth-order valence-electron chi connectivity index (χ4n) is 2.96. The van der Waals surface area contributed by atoms with Gasteiger partial charge in [0.05, 0.1) is 19.3 Å². The number of benzene rings is 1. The zero-order chi connectivity index (χ0) is 16.4. The second-order valence-electron chi connectivity index (χ2n) is 6.62. The largest absolute Gasteiger partial charge is 0.377 e. The van der Waals surface area contributed by atoms with Crippen LogP contribution in [0.2, 0.25) is 0 Å². The summed E-state index contributed by atoms with van der Waals surface area (Å²) >= 11 is 0. The Balaban J connectivity index is 1.62. The highest BCUT2D eigenvalue weighted by molar-refractivity contribution is 5.96. The fraction of sp³-hybridized carbons (Fsp3) is 0.556. The summed E-state index contributed by atoms with van der Waals surface area (Å²) in [5.41, 5.74) is 1.39. The molecule has 1 heterocycles. The van der Waals surface area contributed by atoms with Crippen LogP contribution in [0.25, 0.3) is 0 Å². The number of hydrogen-bond acceptors (Lipinski definition) is 3. The van der Waals surface area contributed by atoms with Crippen molar-refractivity contribution in [2.24, 2.45) is 11.8 Å². The minimum absolute atomic E-state index is 0.0185. The number of hydrogen-bond donors (Lipinski definition) is 1. The highest BCUT2D eigenvalue weighted by atomic mass is 16.5. The summed E-state index contributed by atoms with van der Waals surface area (Å²) < 4.78 is 5.37. The zero-order valence-corrected chi connectivity index (χ0v) is 13.7. The molecule has 5 heteroatoms. The molecule has 2 fully saturated rings. The zero-order valence-electron chi connectivity index (χ0n) is 13.7.